The zero-order valence-electron chi connectivity index (χ0n) is 10.6. The Morgan fingerprint density at radius 3 is 2.43 bits per heavy atom. The SMILES string of the molecule is COC(=O)c1cc(NC(=O)CC(F)(F)F)cc([N+](=O)[O-])c1. The Morgan fingerprint density at radius 1 is 1.33 bits per heavy atom. The van der Waals surface area contributed by atoms with Gasteiger partial charge in [-0.15, -0.1) is 0 Å². The van der Waals surface area contributed by atoms with Crippen LogP contribution in [0, 0.1) is 10.1 Å². The lowest BCUT2D eigenvalue weighted by Crippen LogP contribution is -2.21. The summed E-state index contributed by atoms with van der Waals surface area (Å²) in [6.45, 7) is 0. The molecule has 0 aliphatic rings. The maximum Gasteiger partial charge on any atom is 0.397 e. The number of alkyl halides is 3. The van der Waals surface area contributed by atoms with Crippen molar-refractivity contribution in [3.63, 3.8) is 0 Å². The average Bonchev–Trinajstić information content (AvgIpc) is 2.34. The van der Waals surface area contributed by atoms with Crippen molar-refractivity contribution in [2.75, 3.05) is 12.4 Å². The number of rotatable bonds is 4. The Morgan fingerprint density at radius 2 is 1.95 bits per heavy atom. The molecule has 1 rings (SSSR count). The molecule has 1 aromatic rings. The number of carbonyl (C=O) groups is 2. The number of halogens is 3. The van der Waals surface area contributed by atoms with E-state index >= 15 is 0 Å². The van der Waals surface area contributed by atoms with E-state index in [1.54, 1.807) is 0 Å². The summed E-state index contributed by atoms with van der Waals surface area (Å²) in [4.78, 5) is 32.3. The van der Waals surface area contributed by atoms with Crippen molar-refractivity contribution in [1.29, 1.82) is 0 Å². The predicted molar refractivity (Wildman–Crippen MR) is 63.7 cm³/mol. The second-order valence-electron chi connectivity index (χ2n) is 3.86. The first kappa shape index (κ1) is 16.4. The van der Waals surface area contributed by atoms with Gasteiger partial charge in [-0.05, 0) is 6.07 Å². The summed E-state index contributed by atoms with van der Waals surface area (Å²) >= 11 is 0. The number of non-ortho nitro benzene ring substituents is 1. The van der Waals surface area contributed by atoms with Crippen molar-refractivity contribution in [2.24, 2.45) is 0 Å². The quantitative estimate of drug-likeness (QED) is 0.522. The lowest BCUT2D eigenvalue weighted by molar-refractivity contribution is -0.384. The first-order valence-electron chi connectivity index (χ1n) is 5.37. The number of nitro benzene ring substituents is 1. The minimum Gasteiger partial charge on any atom is -0.465 e. The smallest absolute Gasteiger partial charge is 0.397 e. The fourth-order valence-corrected chi connectivity index (χ4v) is 1.41. The van der Waals surface area contributed by atoms with Crippen molar-refractivity contribution in [3.05, 3.63) is 33.9 Å². The number of nitrogens with zero attached hydrogens (tertiary/aromatic N) is 1. The second-order valence-corrected chi connectivity index (χ2v) is 3.86. The first-order chi connectivity index (χ1) is 9.62. The van der Waals surface area contributed by atoms with Crippen LogP contribution < -0.4 is 5.32 Å². The molecule has 0 spiro atoms. The molecule has 0 bridgehead atoms. The van der Waals surface area contributed by atoms with Gasteiger partial charge in [-0.25, -0.2) is 4.79 Å². The molecule has 10 heteroatoms. The van der Waals surface area contributed by atoms with Crippen LogP contribution in [0.1, 0.15) is 16.8 Å². The van der Waals surface area contributed by atoms with Crippen LogP contribution in [0.5, 0.6) is 0 Å². The van der Waals surface area contributed by atoms with E-state index in [0.717, 1.165) is 25.3 Å². The largest absolute Gasteiger partial charge is 0.465 e. The van der Waals surface area contributed by atoms with Gasteiger partial charge in [0.05, 0.1) is 17.6 Å². The van der Waals surface area contributed by atoms with Gasteiger partial charge in [-0.3, -0.25) is 14.9 Å². The third-order valence-electron chi connectivity index (χ3n) is 2.19. The number of benzene rings is 1. The lowest BCUT2D eigenvalue weighted by atomic mass is 10.1. The van der Waals surface area contributed by atoms with E-state index in [0.29, 0.717) is 0 Å². The fourth-order valence-electron chi connectivity index (χ4n) is 1.41. The third-order valence-corrected chi connectivity index (χ3v) is 2.19. The molecule has 0 radical (unpaired) electrons. The van der Waals surface area contributed by atoms with Gasteiger partial charge < -0.3 is 10.1 Å². The summed E-state index contributed by atoms with van der Waals surface area (Å²) in [5.41, 5.74) is -1.15. The zero-order chi connectivity index (χ0) is 16.2. The van der Waals surface area contributed by atoms with E-state index in [4.69, 9.17) is 0 Å². The van der Waals surface area contributed by atoms with Crippen LogP contribution >= 0.6 is 0 Å². The molecule has 1 aromatic carbocycles. The topological polar surface area (TPSA) is 98.5 Å². The van der Waals surface area contributed by atoms with Gasteiger partial charge in [-0.2, -0.15) is 13.2 Å². The normalized spacial score (nSPS) is 10.9. The van der Waals surface area contributed by atoms with Gasteiger partial charge in [-0.1, -0.05) is 0 Å². The Kier molecular flexibility index (Phi) is 4.84. The highest BCUT2D eigenvalue weighted by Crippen LogP contribution is 2.24. The molecule has 21 heavy (non-hydrogen) atoms. The second kappa shape index (κ2) is 6.20. The van der Waals surface area contributed by atoms with Gasteiger partial charge in [0, 0.05) is 17.8 Å². The van der Waals surface area contributed by atoms with E-state index in [1.165, 1.54) is 0 Å². The minimum atomic E-state index is -4.71. The van der Waals surface area contributed by atoms with Gasteiger partial charge in [0.2, 0.25) is 5.91 Å². The highest BCUT2D eigenvalue weighted by molar-refractivity contribution is 5.95. The van der Waals surface area contributed by atoms with Crippen LogP contribution in [0.3, 0.4) is 0 Å². The molecule has 7 nitrogen and oxygen atoms in total. The number of nitrogens with one attached hydrogen (secondary N) is 1. The van der Waals surface area contributed by atoms with Crippen LogP contribution in [-0.4, -0.2) is 30.1 Å². The molecule has 0 heterocycles. The molecule has 0 saturated heterocycles. The summed E-state index contributed by atoms with van der Waals surface area (Å²) in [7, 11) is 1.03. The molecule has 0 fully saturated rings. The Hall–Kier alpha value is -2.65. The number of amides is 1. The standard InChI is InChI=1S/C11H9F3N2O5/c1-21-10(18)6-2-7(4-8(3-6)16(19)20)15-9(17)5-11(12,13)14/h2-4H,5H2,1H3,(H,15,17). The number of carbonyl (C=O) groups excluding carboxylic acids is 2. The monoisotopic (exact) mass is 306 g/mol. The molecule has 1 N–H and O–H groups in total. The molecule has 0 aliphatic heterocycles. The van der Waals surface area contributed by atoms with Crippen molar-refractivity contribution < 1.29 is 32.4 Å². The van der Waals surface area contributed by atoms with E-state index in [9.17, 15) is 32.9 Å². The van der Waals surface area contributed by atoms with Crippen molar-refractivity contribution in [3.8, 4) is 0 Å². The summed E-state index contributed by atoms with van der Waals surface area (Å²) in [5.74, 6) is -2.33. The molecule has 0 unspecified atom stereocenters. The van der Waals surface area contributed by atoms with Crippen LogP contribution in [0.15, 0.2) is 18.2 Å². The molecular weight excluding hydrogens is 297 g/mol. The van der Waals surface area contributed by atoms with Gasteiger partial charge in [0.25, 0.3) is 5.69 Å². The van der Waals surface area contributed by atoms with Gasteiger partial charge in [0.1, 0.15) is 6.42 Å². The average molecular weight is 306 g/mol. The van der Waals surface area contributed by atoms with Gasteiger partial charge >= 0.3 is 12.1 Å². The molecule has 1 amide bonds. The summed E-state index contributed by atoms with van der Waals surface area (Å²) < 4.78 is 40.5. The van der Waals surface area contributed by atoms with E-state index in [-0.39, 0.29) is 11.3 Å². The highest BCUT2D eigenvalue weighted by atomic mass is 19.4. The van der Waals surface area contributed by atoms with Gasteiger partial charge in [0.15, 0.2) is 0 Å². The number of anilines is 1. The maximum atomic E-state index is 12.0. The molecule has 0 atom stereocenters. The van der Waals surface area contributed by atoms with E-state index in [2.05, 4.69) is 4.74 Å². The fraction of sp³-hybridized carbons (Fsp3) is 0.273. The summed E-state index contributed by atoms with van der Waals surface area (Å²) in [6, 6.07) is 2.69. The van der Waals surface area contributed by atoms with Crippen LogP contribution in [0.2, 0.25) is 0 Å². The minimum absolute atomic E-state index is 0.269. The van der Waals surface area contributed by atoms with Crippen LogP contribution in [0.25, 0.3) is 0 Å². The first-order valence-corrected chi connectivity index (χ1v) is 5.37. The number of nitro groups is 1. The number of hydrogen-bond acceptors (Lipinski definition) is 5. The predicted octanol–water partition coefficient (Wildman–Crippen LogP) is 2.27. The maximum absolute atomic E-state index is 12.0. The number of hydrogen-bond donors (Lipinski definition) is 1. The summed E-state index contributed by atoms with van der Waals surface area (Å²) in [5, 5.41) is 12.5. The number of ether oxygens (including phenoxy) is 1. The Bertz CT molecular complexity index is 586. The molecule has 114 valence electrons. The molecule has 0 saturated carbocycles. The van der Waals surface area contributed by atoms with Crippen molar-refractivity contribution in [2.45, 2.75) is 12.6 Å². The number of methoxy groups -OCH3 is 1. The van der Waals surface area contributed by atoms with Crippen LogP contribution in [0.4, 0.5) is 24.5 Å². The Balaban J connectivity index is 3.06. The highest BCUT2D eigenvalue weighted by Gasteiger charge is 2.31. The Labute approximate surface area is 115 Å². The zero-order valence-corrected chi connectivity index (χ0v) is 10.6. The summed E-state index contributed by atoms with van der Waals surface area (Å²) in [6.07, 6.45) is -6.46. The van der Waals surface area contributed by atoms with Crippen molar-refractivity contribution in [1.82, 2.24) is 0 Å². The van der Waals surface area contributed by atoms with Crippen LogP contribution in [-0.2, 0) is 9.53 Å². The number of esters is 1. The van der Waals surface area contributed by atoms with E-state index in [1.807, 2.05) is 5.32 Å². The molecule has 0 aromatic heterocycles. The van der Waals surface area contributed by atoms with Crippen molar-refractivity contribution >= 4 is 23.3 Å². The molecular formula is C11H9F3N2O5. The third kappa shape index (κ3) is 5.09. The lowest BCUT2D eigenvalue weighted by Gasteiger charge is -2.09. The molecule has 0 aliphatic carbocycles. The van der Waals surface area contributed by atoms with E-state index < -0.39 is 35.1 Å².